The molecule has 0 aromatic carbocycles. The first-order valence-corrected chi connectivity index (χ1v) is 5.20. The molecule has 0 amide bonds. The molecule has 1 aromatic heterocycles. The van der Waals surface area contributed by atoms with Crippen molar-refractivity contribution in [1.29, 1.82) is 0 Å². The molecule has 3 N–H and O–H groups in total. The van der Waals surface area contributed by atoms with Gasteiger partial charge in [-0.3, -0.25) is 0 Å². The molecule has 0 unspecified atom stereocenters. The van der Waals surface area contributed by atoms with Crippen molar-refractivity contribution in [2.45, 2.75) is 24.5 Å². The first kappa shape index (κ1) is 15.9. The van der Waals surface area contributed by atoms with Gasteiger partial charge in [-0.1, -0.05) is 0 Å². The fourth-order valence-corrected chi connectivity index (χ4v) is 1.83. The fourth-order valence-electron chi connectivity index (χ4n) is 1.59. The van der Waals surface area contributed by atoms with Gasteiger partial charge in [-0.15, -0.1) is 0 Å². The average molecular weight is 283 g/mol. The van der Waals surface area contributed by atoms with Crippen LogP contribution in [0.3, 0.4) is 0 Å². The summed E-state index contributed by atoms with van der Waals surface area (Å²) >= 11 is 4.80. The zero-order valence-corrected chi connectivity index (χ0v) is 12.3. The van der Waals surface area contributed by atoms with Gasteiger partial charge in [0.25, 0.3) is 0 Å². The topological polar surface area (TPSA) is 124 Å². The van der Waals surface area contributed by atoms with Gasteiger partial charge in [0.2, 0.25) is 4.77 Å². The van der Waals surface area contributed by atoms with E-state index in [0.717, 1.165) is 10.9 Å². The van der Waals surface area contributed by atoms with Gasteiger partial charge in [0.15, 0.2) is 6.23 Å². The van der Waals surface area contributed by atoms with Crippen LogP contribution in [0, 0.1) is 4.77 Å². The standard InChI is InChI=1S/C8H11N3O5S.Na/c12-2-3-5(14)6(15)7(16-3)11-8(17)10-4(13)1-9-11;/h1,3,5-7,12,14-15H,2H2,(H,10,13,17);/q;+1/p-1/t3-,5-,6-,7-;/m1./s1. The molecule has 0 bridgehead atoms. The summed E-state index contributed by atoms with van der Waals surface area (Å²) in [4.78, 5) is 3.45. The van der Waals surface area contributed by atoms with Gasteiger partial charge in [-0.2, -0.15) is 5.10 Å². The molecule has 0 radical (unpaired) electrons. The van der Waals surface area contributed by atoms with Crippen LogP contribution in [0.1, 0.15) is 6.23 Å². The first-order chi connectivity index (χ1) is 8.04. The molecule has 1 aliphatic heterocycles. The van der Waals surface area contributed by atoms with Crippen molar-refractivity contribution in [3.63, 3.8) is 0 Å². The second-order valence-corrected chi connectivity index (χ2v) is 3.92. The molecule has 1 aliphatic rings. The molecule has 1 fully saturated rings. The van der Waals surface area contributed by atoms with Crippen LogP contribution >= 0.6 is 12.2 Å². The number of hydrogen-bond acceptors (Lipinski definition) is 8. The summed E-state index contributed by atoms with van der Waals surface area (Å²) in [5.74, 6) is -0.599. The Hall–Kier alpha value is -0.130. The molecule has 8 nitrogen and oxygen atoms in total. The van der Waals surface area contributed by atoms with E-state index in [-0.39, 0.29) is 34.3 Å². The SMILES string of the molecule is [Na+].[O-]c1cnn([C@@H]2O[C@H](CO)[C@@H](O)[C@H]2O)c(=S)n1. The Kier molecular flexibility index (Phi) is 5.62. The van der Waals surface area contributed by atoms with Gasteiger partial charge in [-0.25, -0.2) is 9.67 Å². The molecule has 94 valence electrons. The van der Waals surface area contributed by atoms with E-state index in [9.17, 15) is 15.3 Å². The van der Waals surface area contributed by atoms with E-state index in [1.165, 1.54) is 0 Å². The maximum Gasteiger partial charge on any atom is 1.00 e. The van der Waals surface area contributed by atoms with Gasteiger partial charge < -0.3 is 25.2 Å². The monoisotopic (exact) mass is 283 g/mol. The Bertz CT molecular complexity index is 472. The summed E-state index contributed by atoms with van der Waals surface area (Å²) in [5.41, 5.74) is 0. The molecule has 2 rings (SSSR count). The molecule has 0 spiro atoms. The molecule has 4 atom stereocenters. The van der Waals surface area contributed by atoms with Gasteiger partial charge in [0.05, 0.1) is 12.8 Å². The second kappa shape index (κ2) is 6.35. The predicted octanol–water partition coefficient (Wildman–Crippen LogP) is -5.30. The third-order valence-corrected chi connectivity index (χ3v) is 2.73. The molecule has 1 saturated heterocycles. The van der Waals surface area contributed by atoms with Crippen molar-refractivity contribution in [3.8, 4) is 5.88 Å². The second-order valence-electron chi connectivity index (χ2n) is 3.55. The normalized spacial score (nSPS) is 31.1. The first-order valence-electron chi connectivity index (χ1n) is 4.80. The van der Waals surface area contributed by atoms with E-state index >= 15 is 0 Å². The molecule has 0 aliphatic carbocycles. The number of hydrogen-bond donors (Lipinski definition) is 3. The number of aliphatic hydroxyl groups excluding tert-OH is 3. The number of rotatable bonds is 2. The van der Waals surface area contributed by atoms with Crippen LogP contribution < -0.4 is 34.7 Å². The van der Waals surface area contributed by atoms with Crippen LogP contribution in [0.15, 0.2) is 6.20 Å². The quantitative estimate of drug-likeness (QED) is 0.363. The summed E-state index contributed by atoms with van der Waals surface area (Å²) in [6.45, 7) is -0.449. The van der Waals surface area contributed by atoms with Gasteiger partial charge in [0, 0.05) is 5.88 Å². The van der Waals surface area contributed by atoms with Crippen molar-refractivity contribution in [2.75, 3.05) is 6.61 Å². The minimum absolute atomic E-state index is 0. The van der Waals surface area contributed by atoms with Crippen molar-refractivity contribution >= 4 is 12.2 Å². The van der Waals surface area contributed by atoms with E-state index in [1.54, 1.807) is 0 Å². The third-order valence-electron chi connectivity index (χ3n) is 2.45. The molecule has 0 saturated carbocycles. The Labute approximate surface area is 129 Å². The summed E-state index contributed by atoms with van der Waals surface area (Å²) in [6.07, 6.45) is -3.62. The molecule has 18 heavy (non-hydrogen) atoms. The minimum Gasteiger partial charge on any atom is -0.857 e. The summed E-state index contributed by atoms with van der Waals surface area (Å²) in [6, 6.07) is 0. The van der Waals surface area contributed by atoms with Gasteiger partial charge in [-0.05, 0) is 12.2 Å². The van der Waals surface area contributed by atoms with Crippen LogP contribution in [0.2, 0.25) is 0 Å². The summed E-state index contributed by atoms with van der Waals surface area (Å²) < 4.78 is 6.04. The summed E-state index contributed by atoms with van der Waals surface area (Å²) in [5, 5.41) is 42.7. The van der Waals surface area contributed by atoms with Crippen LogP contribution in [0.25, 0.3) is 0 Å². The number of aromatic nitrogens is 3. The largest absolute Gasteiger partial charge is 1.00 e. The number of ether oxygens (including phenoxy) is 1. The Morgan fingerprint density at radius 1 is 1.44 bits per heavy atom. The third kappa shape index (κ3) is 2.89. The average Bonchev–Trinajstić information content (AvgIpc) is 2.57. The maximum absolute atomic E-state index is 10.9. The van der Waals surface area contributed by atoms with Gasteiger partial charge in [0.1, 0.15) is 18.3 Å². The summed E-state index contributed by atoms with van der Waals surface area (Å²) in [7, 11) is 0. The van der Waals surface area contributed by atoms with Crippen molar-refractivity contribution in [2.24, 2.45) is 0 Å². The smallest absolute Gasteiger partial charge is 0.857 e. The van der Waals surface area contributed by atoms with Crippen LogP contribution in [-0.4, -0.2) is 55.0 Å². The fraction of sp³-hybridized carbons (Fsp3) is 0.625. The number of nitrogens with zero attached hydrogens (tertiary/aromatic N) is 3. The van der Waals surface area contributed by atoms with E-state index in [2.05, 4.69) is 10.1 Å². The van der Waals surface area contributed by atoms with E-state index in [0.29, 0.717) is 0 Å². The van der Waals surface area contributed by atoms with Gasteiger partial charge >= 0.3 is 29.6 Å². The predicted molar refractivity (Wildman–Crippen MR) is 53.3 cm³/mol. The van der Waals surface area contributed by atoms with Crippen LogP contribution in [0.5, 0.6) is 5.88 Å². The Morgan fingerprint density at radius 3 is 2.61 bits per heavy atom. The van der Waals surface area contributed by atoms with Crippen molar-refractivity contribution in [3.05, 3.63) is 11.0 Å². The molecule has 10 heteroatoms. The minimum atomic E-state index is -1.30. The van der Waals surface area contributed by atoms with Crippen molar-refractivity contribution in [1.82, 2.24) is 14.8 Å². The Balaban J connectivity index is 0.00000162. The van der Waals surface area contributed by atoms with Crippen molar-refractivity contribution < 1.29 is 54.7 Å². The van der Waals surface area contributed by atoms with E-state index < -0.39 is 37.0 Å². The molecule has 2 heterocycles. The van der Waals surface area contributed by atoms with Crippen LogP contribution in [0.4, 0.5) is 0 Å². The van der Waals surface area contributed by atoms with Crippen LogP contribution in [-0.2, 0) is 4.74 Å². The maximum atomic E-state index is 10.9. The molecule has 1 aromatic rings. The van der Waals surface area contributed by atoms with E-state index in [1.807, 2.05) is 0 Å². The Morgan fingerprint density at radius 2 is 2.11 bits per heavy atom. The molecular weight excluding hydrogens is 273 g/mol. The molecular formula is C8H10N3NaO5S. The zero-order valence-electron chi connectivity index (χ0n) is 9.50. The van der Waals surface area contributed by atoms with E-state index in [4.69, 9.17) is 22.1 Å². The zero-order chi connectivity index (χ0) is 12.6. The number of aliphatic hydroxyl groups is 3.